The molecule has 212 valence electrons. The van der Waals surface area contributed by atoms with Crippen LogP contribution in [0.15, 0.2) is 84.6 Å². The molecule has 8 heteroatoms. The van der Waals surface area contributed by atoms with Gasteiger partial charge in [0.05, 0.1) is 19.3 Å². The summed E-state index contributed by atoms with van der Waals surface area (Å²) in [5.74, 6) is -1.01. The summed E-state index contributed by atoms with van der Waals surface area (Å²) in [5, 5.41) is 5.06. The molecule has 0 aliphatic rings. The maximum Gasteiger partial charge on any atom is 0.325 e. The van der Waals surface area contributed by atoms with Gasteiger partial charge in [0.25, 0.3) is 0 Å². The average molecular weight is 539 g/mol. The number of amides is 2. The zero-order valence-corrected chi connectivity index (χ0v) is 23.8. The molecule has 1 aromatic rings. The smallest absolute Gasteiger partial charge is 0.325 e. The monoisotopic (exact) mass is 538 g/mol. The van der Waals surface area contributed by atoms with Gasteiger partial charge in [-0.3, -0.25) is 14.4 Å². The van der Waals surface area contributed by atoms with Crippen LogP contribution < -0.4 is 10.6 Å². The molecule has 0 aromatic heterocycles. The van der Waals surface area contributed by atoms with Gasteiger partial charge >= 0.3 is 5.97 Å². The fourth-order valence-electron chi connectivity index (χ4n) is 3.80. The van der Waals surface area contributed by atoms with Crippen LogP contribution in [-0.2, 0) is 28.6 Å². The van der Waals surface area contributed by atoms with Gasteiger partial charge in [-0.2, -0.15) is 0 Å². The largest absolute Gasteiger partial charge is 0.468 e. The van der Waals surface area contributed by atoms with Crippen molar-refractivity contribution < 1.29 is 28.6 Å². The van der Waals surface area contributed by atoms with Crippen molar-refractivity contribution in [3.05, 3.63) is 90.2 Å². The molecule has 0 spiro atoms. The standard InChI is InChI=1S/C31H42N2O6/c1-23(21-29(35)32-20-12-8-11-15-28(34)33-22-30(36)38-5)16-17-24(2)31(39-6)25(3)27(37-4)19-18-26-13-9-7-10-14-26/h7,9-21,24-25,27,31H,8,22H2,1-6H3,(H,32,35)(H,33,34)/t24-,25+,27-,31-/m1/s1. The minimum atomic E-state index is -0.522. The molecule has 0 heterocycles. The van der Waals surface area contributed by atoms with Crippen molar-refractivity contribution in [2.24, 2.45) is 11.8 Å². The van der Waals surface area contributed by atoms with Crippen molar-refractivity contribution in [2.75, 3.05) is 27.9 Å². The highest BCUT2D eigenvalue weighted by Crippen LogP contribution is 2.24. The van der Waals surface area contributed by atoms with Gasteiger partial charge in [0, 0.05) is 38.3 Å². The lowest BCUT2D eigenvalue weighted by Gasteiger charge is -2.30. The Morgan fingerprint density at radius 1 is 0.923 bits per heavy atom. The Hall–Kier alpha value is -3.75. The molecule has 0 fully saturated rings. The minimum absolute atomic E-state index is 0.0793. The predicted molar refractivity (Wildman–Crippen MR) is 154 cm³/mol. The van der Waals surface area contributed by atoms with Crippen LogP contribution in [0.1, 0.15) is 32.8 Å². The van der Waals surface area contributed by atoms with E-state index in [2.05, 4.69) is 41.4 Å². The van der Waals surface area contributed by atoms with Gasteiger partial charge < -0.3 is 24.8 Å². The van der Waals surface area contributed by atoms with Gasteiger partial charge in [0.2, 0.25) is 11.8 Å². The molecular formula is C31H42N2O6. The number of benzene rings is 1. The van der Waals surface area contributed by atoms with Crippen LogP contribution in [0, 0.1) is 11.8 Å². The Morgan fingerprint density at radius 3 is 2.28 bits per heavy atom. The van der Waals surface area contributed by atoms with Gasteiger partial charge in [0.15, 0.2) is 0 Å². The summed E-state index contributed by atoms with van der Waals surface area (Å²) in [4.78, 5) is 34.7. The number of methoxy groups -OCH3 is 3. The Morgan fingerprint density at radius 2 is 1.64 bits per heavy atom. The molecule has 0 aliphatic heterocycles. The zero-order valence-electron chi connectivity index (χ0n) is 23.8. The second-order valence-electron chi connectivity index (χ2n) is 8.98. The maximum absolute atomic E-state index is 12.2. The third-order valence-electron chi connectivity index (χ3n) is 5.92. The van der Waals surface area contributed by atoms with E-state index >= 15 is 0 Å². The molecule has 2 N–H and O–H groups in total. The van der Waals surface area contributed by atoms with Crippen molar-refractivity contribution in [2.45, 2.75) is 39.4 Å². The van der Waals surface area contributed by atoms with Crippen molar-refractivity contribution in [3.8, 4) is 0 Å². The van der Waals surface area contributed by atoms with Crippen molar-refractivity contribution in [3.63, 3.8) is 0 Å². The second kappa shape index (κ2) is 19.3. The van der Waals surface area contributed by atoms with E-state index in [4.69, 9.17) is 9.47 Å². The number of rotatable bonds is 16. The van der Waals surface area contributed by atoms with Gasteiger partial charge in [0.1, 0.15) is 6.54 Å². The lowest BCUT2D eigenvalue weighted by atomic mass is 9.88. The third-order valence-corrected chi connectivity index (χ3v) is 5.92. The number of allylic oxidation sites excluding steroid dienone is 4. The molecule has 8 nitrogen and oxygen atoms in total. The average Bonchev–Trinajstić information content (AvgIpc) is 2.93. The Bertz CT molecular complexity index is 1040. The van der Waals surface area contributed by atoms with Gasteiger partial charge in [-0.25, -0.2) is 0 Å². The molecule has 1 aromatic carbocycles. The third kappa shape index (κ3) is 14.1. The van der Waals surface area contributed by atoms with Crippen LogP contribution in [0.4, 0.5) is 0 Å². The fraction of sp³-hybridized carbons (Fsp3) is 0.387. The molecule has 0 unspecified atom stereocenters. The van der Waals surface area contributed by atoms with E-state index in [1.165, 1.54) is 25.5 Å². The molecule has 4 atom stereocenters. The molecule has 1 rings (SSSR count). The number of nitrogens with one attached hydrogen (secondary N) is 2. The summed E-state index contributed by atoms with van der Waals surface area (Å²) in [6.45, 7) is 5.85. The number of carbonyl (C=O) groups excluding carboxylic acids is 3. The zero-order chi connectivity index (χ0) is 29.0. The van der Waals surface area contributed by atoms with E-state index in [1.54, 1.807) is 26.4 Å². The van der Waals surface area contributed by atoms with Crippen LogP contribution in [0.2, 0.25) is 0 Å². The number of esters is 1. The molecule has 0 saturated carbocycles. The van der Waals surface area contributed by atoms with Gasteiger partial charge in [-0.1, -0.05) is 80.6 Å². The van der Waals surface area contributed by atoms with E-state index in [1.807, 2.05) is 49.4 Å². The molecule has 39 heavy (non-hydrogen) atoms. The molecule has 0 bridgehead atoms. The fourth-order valence-corrected chi connectivity index (χ4v) is 3.80. The van der Waals surface area contributed by atoms with Crippen LogP contribution in [0.3, 0.4) is 0 Å². The van der Waals surface area contributed by atoms with Crippen molar-refractivity contribution in [1.29, 1.82) is 0 Å². The predicted octanol–water partition coefficient (Wildman–Crippen LogP) is 4.37. The summed E-state index contributed by atoms with van der Waals surface area (Å²) in [6, 6.07) is 10.1. The highest BCUT2D eigenvalue weighted by molar-refractivity contribution is 5.90. The summed E-state index contributed by atoms with van der Waals surface area (Å²) >= 11 is 0. The number of carbonyl (C=O) groups is 3. The highest BCUT2D eigenvalue weighted by Gasteiger charge is 2.27. The van der Waals surface area contributed by atoms with Gasteiger partial charge in [-0.05, 0) is 30.6 Å². The summed E-state index contributed by atoms with van der Waals surface area (Å²) < 4.78 is 16.0. The SMILES string of the molecule is COC(=O)CNC(=O)C=CCC=CNC(=O)C=C(C)C=C[C@@H](C)[C@@H](OC)[C@@H](C)[C@@H](C=Cc1ccccc1)OC. The number of hydrogen-bond acceptors (Lipinski definition) is 6. The maximum atomic E-state index is 12.2. The summed E-state index contributed by atoms with van der Waals surface area (Å²) in [7, 11) is 4.65. The topological polar surface area (TPSA) is 103 Å². The summed E-state index contributed by atoms with van der Waals surface area (Å²) in [6.07, 6.45) is 15.9. The first-order chi connectivity index (χ1) is 18.7. The normalized spacial score (nSPS) is 15.5. The lowest BCUT2D eigenvalue weighted by Crippen LogP contribution is -2.35. The first-order valence-electron chi connectivity index (χ1n) is 12.8. The van der Waals surface area contributed by atoms with Crippen LogP contribution in [0.5, 0.6) is 0 Å². The van der Waals surface area contributed by atoms with Crippen molar-refractivity contribution >= 4 is 23.9 Å². The first-order valence-corrected chi connectivity index (χ1v) is 12.8. The van der Waals surface area contributed by atoms with E-state index < -0.39 is 11.9 Å². The molecule has 2 amide bonds. The van der Waals surface area contributed by atoms with Gasteiger partial charge in [-0.15, -0.1) is 0 Å². The number of ether oxygens (including phenoxy) is 3. The molecule has 0 saturated heterocycles. The van der Waals surface area contributed by atoms with E-state index in [9.17, 15) is 14.4 Å². The minimum Gasteiger partial charge on any atom is -0.468 e. The van der Waals surface area contributed by atoms with E-state index in [0.29, 0.717) is 6.42 Å². The second-order valence-corrected chi connectivity index (χ2v) is 8.98. The van der Waals surface area contributed by atoms with Crippen LogP contribution in [-0.4, -0.2) is 57.9 Å². The molecule has 0 radical (unpaired) electrons. The van der Waals surface area contributed by atoms with E-state index in [-0.39, 0.29) is 36.5 Å². The molecular weight excluding hydrogens is 496 g/mol. The Labute approximate surface area is 232 Å². The lowest BCUT2D eigenvalue weighted by molar-refractivity contribution is -0.140. The first kappa shape index (κ1) is 33.3. The number of hydrogen-bond donors (Lipinski definition) is 2. The van der Waals surface area contributed by atoms with E-state index in [0.717, 1.165) is 11.1 Å². The Kier molecular flexibility index (Phi) is 16.5. The highest BCUT2D eigenvalue weighted by atomic mass is 16.5. The summed E-state index contributed by atoms with van der Waals surface area (Å²) in [5.41, 5.74) is 1.91. The Balaban J connectivity index is 2.57. The quantitative estimate of drug-likeness (QED) is 0.184. The van der Waals surface area contributed by atoms with Crippen LogP contribution in [0.25, 0.3) is 6.08 Å². The van der Waals surface area contributed by atoms with Crippen LogP contribution >= 0.6 is 0 Å². The van der Waals surface area contributed by atoms with Crippen molar-refractivity contribution in [1.82, 2.24) is 10.6 Å². The molecule has 0 aliphatic carbocycles.